The van der Waals surface area contributed by atoms with Crippen molar-refractivity contribution in [3.8, 4) is 0 Å². The van der Waals surface area contributed by atoms with Gasteiger partial charge in [0, 0.05) is 23.8 Å². The van der Waals surface area contributed by atoms with Gasteiger partial charge in [0.15, 0.2) is 0 Å². The van der Waals surface area contributed by atoms with E-state index >= 15 is 0 Å². The lowest BCUT2D eigenvalue weighted by Gasteiger charge is -2.12. The standard InChI is InChI=1S/C12H23N3/c1-4-5-6-7-10(2)13-8-12-9-14-15-11(12)3/h9-10,13H,4-8H2,1-3H3,(H,14,15). The quantitative estimate of drug-likeness (QED) is 0.678. The van der Waals surface area contributed by atoms with Crippen LogP contribution >= 0.6 is 0 Å². The first-order chi connectivity index (χ1) is 7.24. The Balaban J connectivity index is 2.16. The Labute approximate surface area is 92.7 Å². The molecule has 3 heteroatoms. The number of H-pyrrole nitrogens is 1. The Morgan fingerprint density at radius 1 is 1.47 bits per heavy atom. The maximum atomic E-state index is 4.01. The average Bonchev–Trinajstić information content (AvgIpc) is 2.61. The minimum absolute atomic E-state index is 0.603. The molecule has 0 saturated heterocycles. The van der Waals surface area contributed by atoms with Crippen molar-refractivity contribution in [2.45, 2.75) is 59.0 Å². The first kappa shape index (κ1) is 12.2. The normalized spacial score (nSPS) is 13.0. The minimum Gasteiger partial charge on any atom is -0.310 e. The maximum Gasteiger partial charge on any atom is 0.0535 e. The van der Waals surface area contributed by atoms with Crippen LogP contribution in [-0.4, -0.2) is 16.2 Å². The fourth-order valence-corrected chi connectivity index (χ4v) is 1.64. The van der Waals surface area contributed by atoms with Crippen molar-refractivity contribution in [3.63, 3.8) is 0 Å². The molecule has 0 aliphatic heterocycles. The van der Waals surface area contributed by atoms with E-state index in [2.05, 4.69) is 36.3 Å². The molecular weight excluding hydrogens is 186 g/mol. The third-order valence-corrected chi connectivity index (χ3v) is 2.82. The van der Waals surface area contributed by atoms with Crippen LogP contribution in [0.5, 0.6) is 0 Å². The number of aromatic amines is 1. The van der Waals surface area contributed by atoms with Gasteiger partial charge in [0.1, 0.15) is 0 Å². The van der Waals surface area contributed by atoms with Crippen molar-refractivity contribution in [3.05, 3.63) is 17.5 Å². The Kier molecular flexibility index (Phi) is 5.40. The van der Waals surface area contributed by atoms with Gasteiger partial charge >= 0.3 is 0 Å². The van der Waals surface area contributed by atoms with Crippen LogP contribution in [0, 0.1) is 6.92 Å². The Morgan fingerprint density at radius 3 is 2.87 bits per heavy atom. The SMILES string of the molecule is CCCCCC(C)NCc1cn[nH]c1C. The second-order valence-corrected chi connectivity index (χ2v) is 4.30. The van der Waals surface area contributed by atoms with Crippen LogP contribution in [0.25, 0.3) is 0 Å². The summed E-state index contributed by atoms with van der Waals surface area (Å²) in [5, 5.41) is 10.5. The molecule has 0 aliphatic rings. The number of aromatic nitrogens is 2. The van der Waals surface area contributed by atoms with Crippen LogP contribution in [0.3, 0.4) is 0 Å². The predicted molar refractivity (Wildman–Crippen MR) is 63.8 cm³/mol. The molecule has 1 heterocycles. The second kappa shape index (κ2) is 6.62. The molecule has 1 aromatic rings. The van der Waals surface area contributed by atoms with Gasteiger partial charge in [-0.2, -0.15) is 5.10 Å². The van der Waals surface area contributed by atoms with Crippen molar-refractivity contribution in [2.75, 3.05) is 0 Å². The van der Waals surface area contributed by atoms with E-state index in [0.717, 1.165) is 6.54 Å². The number of rotatable bonds is 7. The molecule has 1 rings (SSSR count). The van der Waals surface area contributed by atoms with Crippen LogP contribution < -0.4 is 5.32 Å². The number of hydrogen-bond acceptors (Lipinski definition) is 2. The van der Waals surface area contributed by atoms with E-state index in [4.69, 9.17) is 0 Å². The minimum atomic E-state index is 0.603. The van der Waals surface area contributed by atoms with Gasteiger partial charge in [-0.1, -0.05) is 26.2 Å². The summed E-state index contributed by atoms with van der Waals surface area (Å²) in [5.74, 6) is 0. The number of hydrogen-bond donors (Lipinski definition) is 2. The van der Waals surface area contributed by atoms with Gasteiger partial charge in [-0.3, -0.25) is 5.10 Å². The fraction of sp³-hybridized carbons (Fsp3) is 0.750. The van der Waals surface area contributed by atoms with Gasteiger partial charge in [0.05, 0.1) is 6.20 Å². The molecular formula is C12H23N3. The molecule has 0 aromatic carbocycles. The molecule has 0 bridgehead atoms. The highest BCUT2D eigenvalue weighted by molar-refractivity contribution is 5.13. The van der Waals surface area contributed by atoms with Gasteiger partial charge in [-0.05, 0) is 20.3 Å². The smallest absolute Gasteiger partial charge is 0.0535 e. The lowest BCUT2D eigenvalue weighted by Crippen LogP contribution is -2.25. The Morgan fingerprint density at radius 2 is 2.27 bits per heavy atom. The first-order valence-electron chi connectivity index (χ1n) is 5.96. The molecule has 0 spiro atoms. The lowest BCUT2D eigenvalue weighted by molar-refractivity contribution is 0.487. The molecule has 0 amide bonds. The third-order valence-electron chi connectivity index (χ3n) is 2.82. The molecule has 0 fully saturated rings. The molecule has 0 aliphatic carbocycles. The Hall–Kier alpha value is -0.830. The van der Waals surface area contributed by atoms with Gasteiger partial charge < -0.3 is 5.32 Å². The number of unbranched alkanes of at least 4 members (excludes halogenated alkanes) is 2. The molecule has 1 unspecified atom stereocenters. The number of aryl methyl sites for hydroxylation is 1. The van der Waals surface area contributed by atoms with Crippen LogP contribution in [0.4, 0.5) is 0 Å². The van der Waals surface area contributed by atoms with E-state index in [1.807, 2.05) is 6.20 Å². The summed E-state index contributed by atoms with van der Waals surface area (Å²) in [7, 11) is 0. The van der Waals surface area contributed by atoms with E-state index in [1.165, 1.54) is 36.9 Å². The van der Waals surface area contributed by atoms with Gasteiger partial charge in [0.2, 0.25) is 0 Å². The van der Waals surface area contributed by atoms with Gasteiger partial charge in [-0.25, -0.2) is 0 Å². The molecule has 0 saturated carbocycles. The van der Waals surface area contributed by atoms with Gasteiger partial charge in [-0.15, -0.1) is 0 Å². The average molecular weight is 209 g/mol. The zero-order chi connectivity index (χ0) is 11.1. The summed E-state index contributed by atoms with van der Waals surface area (Å²) in [6.07, 6.45) is 7.14. The summed E-state index contributed by atoms with van der Waals surface area (Å²) in [6.45, 7) is 7.49. The number of nitrogens with one attached hydrogen (secondary N) is 2. The molecule has 86 valence electrons. The summed E-state index contributed by atoms with van der Waals surface area (Å²) < 4.78 is 0. The second-order valence-electron chi connectivity index (χ2n) is 4.30. The molecule has 1 atom stereocenters. The van der Waals surface area contributed by atoms with Crippen molar-refractivity contribution in [2.24, 2.45) is 0 Å². The zero-order valence-corrected chi connectivity index (χ0v) is 10.1. The summed E-state index contributed by atoms with van der Waals surface area (Å²) >= 11 is 0. The van der Waals surface area contributed by atoms with E-state index < -0.39 is 0 Å². The van der Waals surface area contributed by atoms with Crippen LogP contribution in [0.2, 0.25) is 0 Å². The van der Waals surface area contributed by atoms with Crippen LogP contribution in [-0.2, 0) is 6.54 Å². The third kappa shape index (κ3) is 4.47. The molecule has 1 aromatic heterocycles. The van der Waals surface area contributed by atoms with E-state index in [1.54, 1.807) is 0 Å². The van der Waals surface area contributed by atoms with Crippen molar-refractivity contribution in [1.29, 1.82) is 0 Å². The topological polar surface area (TPSA) is 40.7 Å². The van der Waals surface area contributed by atoms with Crippen LogP contribution in [0.15, 0.2) is 6.20 Å². The summed E-state index contributed by atoms with van der Waals surface area (Å²) in [5.41, 5.74) is 2.44. The highest BCUT2D eigenvalue weighted by atomic mass is 15.1. The fourth-order valence-electron chi connectivity index (χ4n) is 1.64. The van der Waals surface area contributed by atoms with Gasteiger partial charge in [0.25, 0.3) is 0 Å². The molecule has 3 nitrogen and oxygen atoms in total. The summed E-state index contributed by atoms with van der Waals surface area (Å²) in [6, 6.07) is 0.603. The highest BCUT2D eigenvalue weighted by Crippen LogP contribution is 2.05. The summed E-state index contributed by atoms with van der Waals surface area (Å²) in [4.78, 5) is 0. The molecule has 2 N–H and O–H groups in total. The van der Waals surface area contributed by atoms with Crippen molar-refractivity contribution >= 4 is 0 Å². The van der Waals surface area contributed by atoms with E-state index in [0.29, 0.717) is 6.04 Å². The van der Waals surface area contributed by atoms with E-state index in [9.17, 15) is 0 Å². The monoisotopic (exact) mass is 209 g/mol. The Bertz CT molecular complexity index is 268. The number of nitrogens with zero attached hydrogens (tertiary/aromatic N) is 1. The van der Waals surface area contributed by atoms with E-state index in [-0.39, 0.29) is 0 Å². The van der Waals surface area contributed by atoms with Crippen molar-refractivity contribution in [1.82, 2.24) is 15.5 Å². The molecule has 15 heavy (non-hydrogen) atoms. The maximum absolute atomic E-state index is 4.01. The molecule has 0 radical (unpaired) electrons. The largest absolute Gasteiger partial charge is 0.310 e. The first-order valence-corrected chi connectivity index (χ1v) is 5.96. The van der Waals surface area contributed by atoms with Crippen molar-refractivity contribution < 1.29 is 0 Å². The predicted octanol–water partition coefficient (Wildman–Crippen LogP) is 2.78. The zero-order valence-electron chi connectivity index (χ0n) is 10.1. The van der Waals surface area contributed by atoms with Crippen LogP contribution in [0.1, 0.15) is 50.8 Å². The highest BCUT2D eigenvalue weighted by Gasteiger charge is 2.03. The lowest BCUT2D eigenvalue weighted by atomic mass is 10.1.